The first-order valence-corrected chi connectivity index (χ1v) is 2.39. The van der Waals surface area contributed by atoms with Crippen molar-refractivity contribution in [1.82, 2.24) is 5.43 Å². The van der Waals surface area contributed by atoms with Crippen LogP contribution in [0.5, 0.6) is 0 Å². The van der Waals surface area contributed by atoms with E-state index in [0.29, 0.717) is 19.4 Å². The van der Waals surface area contributed by atoms with E-state index in [-0.39, 0.29) is 0 Å². The molecular formula is C4H9FN2. The van der Waals surface area contributed by atoms with E-state index in [2.05, 4.69) is 5.43 Å². The van der Waals surface area contributed by atoms with Gasteiger partial charge in [0.25, 0.3) is 0 Å². The van der Waals surface area contributed by atoms with Crippen molar-refractivity contribution in [3.8, 4) is 0 Å². The molecule has 1 saturated carbocycles. The third-order valence-electron chi connectivity index (χ3n) is 1.21. The molecule has 1 aliphatic rings. The van der Waals surface area contributed by atoms with Crippen molar-refractivity contribution in [1.29, 1.82) is 0 Å². The lowest BCUT2D eigenvalue weighted by molar-refractivity contribution is 0.297. The Morgan fingerprint density at radius 3 is 2.43 bits per heavy atom. The molecule has 0 bridgehead atoms. The van der Waals surface area contributed by atoms with Gasteiger partial charge in [0, 0.05) is 6.54 Å². The summed E-state index contributed by atoms with van der Waals surface area (Å²) in [7, 11) is 0. The Kier molecular flexibility index (Phi) is 1.01. The van der Waals surface area contributed by atoms with Crippen LogP contribution >= 0.6 is 0 Å². The summed E-state index contributed by atoms with van der Waals surface area (Å²) in [5.74, 6) is 4.86. The van der Waals surface area contributed by atoms with E-state index in [1.165, 1.54) is 0 Å². The topological polar surface area (TPSA) is 38.0 Å². The predicted octanol–water partition coefficient (Wildman–Crippen LogP) is -0.0482. The number of rotatable bonds is 2. The number of hydrogen-bond donors (Lipinski definition) is 2. The number of nitrogens with one attached hydrogen (secondary N) is 1. The molecule has 0 spiro atoms. The summed E-state index contributed by atoms with van der Waals surface area (Å²) in [6.07, 6.45) is 1.36. The molecule has 0 radical (unpaired) electrons. The number of alkyl halides is 1. The van der Waals surface area contributed by atoms with Crippen molar-refractivity contribution in [2.24, 2.45) is 5.84 Å². The van der Waals surface area contributed by atoms with Crippen molar-refractivity contribution < 1.29 is 4.39 Å². The zero-order valence-electron chi connectivity index (χ0n) is 4.08. The fourth-order valence-corrected chi connectivity index (χ4v) is 0.495. The van der Waals surface area contributed by atoms with Gasteiger partial charge in [0.1, 0.15) is 5.67 Å². The minimum absolute atomic E-state index is 0.312. The first-order valence-electron chi connectivity index (χ1n) is 2.39. The highest BCUT2D eigenvalue weighted by molar-refractivity contribution is 4.95. The van der Waals surface area contributed by atoms with E-state index < -0.39 is 5.67 Å². The number of hydrogen-bond acceptors (Lipinski definition) is 2. The highest BCUT2D eigenvalue weighted by Crippen LogP contribution is 2.38. The van der Waals surface area contributed by atoms with Crippen molar-refractivity contribution in [3.05, 3.63) is 0 Å². The van der Waals surface area contributed by atoms with Crippen LogP contribution in [0, 0.1) is 0 Å². The van der Waals surface area contributed by atoms with E-state index in [1.54, 1.807) is 0 Å². The van der Waals surface area contributed by atoms with Crippen LogP contribution in [0.25, 0.3) is 0 Å². The monoisotopic (exact) mass is 104 g/mol. The molecule has 0 amide bonds. The maximum Gasteiger partial charge on any atom is 0.125 e. The first-order chi connectivity index (χ1) is 3.27. The minimum atomic E-state index is -0.936. The minimum Gasteiger partial charge on any atom is -0.271 e. The molecule has 1 fully saturated rings. The molecule has 1 aliphatic carbocycles. The number of halogens is 1. The van der Waals surface area contributed by atoms with E-state index >= 15 is 0 Å². The lowest BCUT2D eigenvalue weighted by Crippen LogP contribution is -2.30. The van der Waals surface area contributed by atoms with Gasteiger partial charge in [-0.25, -0.2) is 4.39 Å². The largest absolute Gasteiger partial charge is 0.271 e. The Balaban J connectivity index is 2.13. The lowest BCUT2D eigenvalue weighted by atomic mass is 10.4. The SMILES string of the molecule is NNCC1(F)CC1. The highest BCUT2D eigenvalue weighted by atomic mass is 19.1. The average molecular weight is 104 g/mol. The van der Waals surface area contributed by atoms with Gasteiger partial charge in [0.2, 0.25) is 0 Å². The number of hydrazine groups is 1. The zero-order chi connectivity index (χ0) is 5.33. The molecule has 3 heteroatoms. The molecule has 42 valence electrons. The smallest absolute Gasteiger partial charge is 0.125 e. The van der Waals surface area contributed by atoms with Crippen LogP contribution in [0.15, 0.2) is 0 Å². The Bertz CT molecular complexity index is 70.1. The van der Waals surface area contributed by atoms with Crippen molar-refractivity contribution in [3.63, 3.8) is 0 Å². The van der Waals surface area contributed by atoms with Crippen LogP contribution in [0.3, 0.4) is 0 Å². The third-order valence-corrected chi connectivity index (χ3v) is 1.21. The van der Waals surface area contributed by atoms with Gasteiger partial charge < -0.3 is 0 Å². The van der Waals surface area contributed by atoms with Crippen LogP contribution in [0.4, 0.5) is 4.39 Å². The van der Waals surface area contributed by atoms with E-state index in [0.717, 1.165) is 0 Å². The van der Waals surface area contributed by atoms with Gasteiger partial charge in [0.05, 0.1) is 0 Å². The summed E-state index contributed by atoms with van der Waals surface area (Å²) < 4.78 is 12.4. The van der Waals surface area contributed by atoms with Gasteiger partial charge in [-0.1, -0.05) is 0 Å². The third kappa shape index (κ3) is 1.11. The molecule has 0 aromatic rings. The predicted molar refractivity (Wildman–Crippen MR) is 25.3 cm³/mol. The maximum atomic E-state index is 12.4. The highest BCUT2D eigenvalue weighted by Gasteiger charge is 2.42. The fourth-order valence-electron chi connectivity index (χ4n) is 0.495. The van der Waals surface area contributed by atoms with E-state index in [9.17, 15) is 4.39 Å². The molecule has 0 aromatic carbocycles. The second-order valence-corrected chi connectivity index (χ2v) is 2.03. The van der Waals surface area contributed by atoms with Gasteiger partial charge in [-0.2, -0.15) is 0 Å². The van der Waals surface area contributed by atoms with Crippen LogP contribution in [-0.4, -0.2) is 12.2 Å². The molecule has 0 unspecified atom stereocenters. The van der Waals surface area contributed by atoms with Gasteiger partial charge in [-0.15, -0.1) is 0 Å². The van der Waals surface area contributed by atoms with Crippen LogP contribution < -0.4 is 11.3 Å². The van der Waals surface area contributed by atoms with E-state index in [4.69, 9.17) is 5.84 Å². The Hall–Kier alpha value is -0.150. The van der Waals surface area contributed by atoms with Crippen molar-refractivity contribution >= 4 is 0 Å². The van der Waals surface area contributed by atoms with Crippen molar-refractivity contribution in [2.45, 2.75) is 18.5 Å². The maximum absolute atomic E-state index is 12.4. The van der Waals surface area contributed by atoms with Gasteiger partial charge >= 0.3 is 0 Å². The van der Waals surface area contributed by atoms with E-state index in [1.807, 2.05) is 0 Å². The molecule has 2 nitrogen and oxygen atoms in total. The molecule has 0 saturated heterocycles. The molecule has 1 rings (SSSR count). The second-order valence-electron chi connectivity index (χ2n) is 2.03. The summed E-state index contributed by atoms with van der Waals surface area (Å²) in [6.45, 7) is 0.312. The standard InChI is InChI=1S/C4H9FN2/c5-4(1-2-4)3-7-6/h7H,1-3,6H2. The van der Waals surface area contributed by atoms with Crippen LogP contribution in [0.2, 0.25) is 0 Å². The quantitative estimate of drug-likeness (QED) is 0.381. The van der Waals surface area contributed by atoms with Gasteiger partial charge in [0.15, 0.2) is 0 Å². The van der Waals surface area contributed by atoms with Crippen molar-refractivity contribution in [2.75, 3.05) is 6.54 Å². The summed E-state index contributed by atoms with van der Waals surface area (Å²) >= 11 is 0. The molecule has 3 N–H and O–H groups in total. The average Bonchev–Trinajstić information content (AvgIpc) is 2.22. The second kappa shape index (κ2) is 1.42. The fraction of sp³-hybridized carbons (Fsp3) is 1.00. The number of nitrogens with two attached hydrogens (primary N) is 1. The molecule has 0 atom stereocenters. The summed E-state index contributed by atoms with van der Waals surface area (Å²) in [5, 5.41) is 0. The van der Waals surface area contributed by atoms with Crippen LogP contribution in [-0.2, 0) is 0 Å². The van der Waals surface area contributed by atoms with Crippen LogP contribution in [0.1, 0.15) is 12.8 Å². The molecule has 0 aromatic heterocycles. The lowest BCUT2D eigenvalue weighted by Gasteiger charge is -1.98. The zero-order valence-corrected chi connectivity index (χ0v) is 4.08. The Morgan fingerprint density at radius 1 is 1.71 bits per heavy atom. The Morgan fingerprint density at radius 2 is 2.29 bits per heavy atom. The van der Waals surface area contributed by atoms with Gasteiger partial charge in [-0.05, 0) is 12.8 Å². The molecule has 0 aliphatic heterocycles. The summed E-state index contributed by atoms with van der Waals surface area (Å²) in [4.78, 5) is 0. The Labute approximate surface area is 41.9 Å². The molecular weight excluding hydrogens is 95.1 g/mol. The molecule has 0 heterocycles. The molecule has 7 heavy (non-hydrogen) atoms. The van der Waals surface area contributed by atoms with Gasteiger partial charge in [-0.3, -0.25) is 11.3 Å². The summed E-state index contributed by atoms with van der Waals surface area (Å²) in [6, 6.07) is 0. The summed E-state index contributed by atoms with van der Waals surface area (Å²) in [5.41, 5.74) is 1.36. The normalized spacial score (nSPS) is 24.9. The first kappa shape index (κ1) is 5.00.